The minimum absolute atomic E-state index is 0.317. The van der Waals surface area contributed by atoms with E-state index in [0.29, 0.717) is 18.4 Å². The summed E-state index contributed by atoms with van der Waals surface area (Å²) in [4.78, 5) is 0. The van der Waals surface area contributed by atoms with Crippen LogP contribution in [0.3, 0.4) is 0 Å². The van der Waals surface area contributed by atoms with Crippen LogP contribution in [0.25, 0.3) is 0 Å². The molecule has 0 fully saturated rings. The maximum atomic E-state index is 5.67. The Morgan fingerprint density at radius 2 is 1.94 bits per heavy atom. The normalized spacial score (nSPS) is 10.5. The quantitative estimate of drug-likeness (QED) is 0.813. The lowest BCUT2D eigenvalue weighted by molar-refractivity contribution is 0.257. The van der Waals surface area contributed by atoms with Gasteiger partial charge in [0.2, 0.25) is 5.89 Å². The van der Waals surface area contributed by atoms with Gasteiger partial charge in [-0.3, -0.25) is 0 Å². The Labute approximate surface area is 101 Å². The minimum atomic E-state index is 0.317. The SMILES string of the molecule is CCc1nnc(COc2cc(C)ccc2C)o1. The van der Waals surface area contributed by atoms with Crippen molar-refractivity contribution in [2.75, 3.05) is 0 Å². The molecule has 0 unspecified atom stereocenters. The summed E-state index contributed by atoms with van der Waals surface area (Å²) in [5.41, 5.74) is 2.27. The summed E-state index contributed by atoms with van der Waals surface area (Å²) in [6.07, 6.45) is 0.747. The first-order valence-corrected chi connectivity index (χ1v) is 5.70. The van der Waals surface area contributed by atoms with Gasteiger partial charge in [0.15, 0.2) is 6.61 Å². The molecular formula is C13H16N2O2. The number of aromatic nitrogens is 2. The molecule has 0 bridgehead atoms. The van der Waals surface area contributed by atoms with Gasteiger partial charge in [0, 0.05) is 6.42 Å². The highest BCUT2D eigenvalue weighted by Gasteiger charge is 2.06. The number of benzene rings is 1. The van der Waals surface area contributed by atoms with Crippen molar-refractivity contribution < 1.29 is 9.15 Å². The van der Waals surface area contributed by atoms with Crippen molar-refractivity contribution in [2.24, 2.45) is 0 Å². The Kier molecular flexibility index (Phi) is 3.42. The van der Waals surface area contributed by atoms with Gasteiger partial charge in [0.25, 0.3) is 5.89 Å². The number of aryl methyl sites for hydroxylation is 3. The summed E-state index contributed by atoms with van der Waals surface area (Å²) in [6, 6.07) is 6.10. The summed E-state index contributed by atoms with van der Waals surface area (Å²) < 4.78 is 11.0. The number of nitrogens with zero attached hydrogens (tertiary/aromatic N) is 2. The third kappa shape index (κ3) is 2.84. The van der Waals surface area contributed by atoms with Crippen molar-refractivity contribution in [1.82, 2.24) is 10.2 Å². The molecule has 1 heterocycles. The molecule has 4 heteroatoms. The minimum Gasteiger partial charge on any atom is -0.484 e. The van der Waals surface area contributed by atoms with Crippen molar-refractivity contribution in [2.45, 2.75) is 33.8 Å². The van der Waals surface area contributed by atoms with E-state index in [1.165, 1.54) is 5.56 Å². The zero-order valence-electron chi connectivity index (χ0n) is 10.4. The molecule has 0 atom stereocenters. The molecule has 2 aromatic rings. The first-order chi connectivity index (χ1) is 8.19. The van der Waals surface area contributed by atoms with E-state index in [2.05, 4.69) is 16.3 Å². The smallest absolute Gasteiger partial charge is 0.253 e. The molecule has 0 spiro atoms. The van der Waals surface area contributed by atoms with Crippen molar-refractivity contribution in [3.8, 4) is 5.75 Å². The standard InChI is InChI=1S/C13H16N2O2/c1-4-12-14-15-13(17-12)8-16-11-7-9(2)5-6-10(11)3/h5-7H,4,8H2,1-3H3. The lowest BCUT2D eigenvalue weighted by Gasteiger charge is -2.07. The molecule has 0 amide bonds. The van der Waals surface area contributed by atoms with Crippen molar-refractivity contribution in [3.05, 3.63) is 41.1 Å². The lowest BCUT2D eigenvalue weighted by Crippen LogP contribution is -1.97. The first kappa shape index (κ1) is 11.6. The van der Waals surface area contributed by atoms with Crippen LogP contribution in [0.4, 0.5) is 0 Å². The number of ether oxygens (including phenoxy) is 1. The van der Waals surface area contributed by atoms with E-state index in [1.807, 2.05) is 32.9 Å². The van der Waals surface area contributed by atoms with Gasteiger partial charge in [-0.25, -0.2) is 0 Å². The van der Waals surface area contributed by atoms with Gasteiger partial charge in [-0.05, 0) is 31.0 Å². The third-order valence-electron chi connectivity index (χ3n) is 2.51. The molecule has 0 N–H and O–H groups in total. The van der Waals surface area contributed by atoms with Gasteiger partial charge < -0.3 is 9.15 Å². The zero-order valence-corrected chi connectivity index (χ0v) is 10.4. The van der Waals surface area contributed by atoms with Gasteiger partial charge in [0.1, 0.15) is 5.75 Å². The third-order valence-corrected chi connectivity index (χ3v) is 2.51. The topological polar surface area (TPSA) is 48.2 Å². The molecule has 1 aromatic heterocycles. The highest BCUT2D eigenvalue weighted by Crippen LogP contribution is 2.20. The lowest BCUT2D eigenvalue weighted by atomic mass is 10.1. The van der Waals surface area contributed by atoms with E-state index < -0.39 is 0 Å². The van der Waals surface area contributed by atoms with Crippen LogP contribution in [-0.4, -0.2) is 10.2 Å². The maximum Gasteiger partial charge on any atom is 0.253 e. The molecule has 17 heavy (non-hydrogen) atoms. The van der Waals surface area contributed by atoms with Crippen LogP contribution in [0.5, 0.6) is 5.75 Å². The highest BCUT2D eigenvalue weighted by atomic mass is 16.5. The zero-order chi connectivity index (χ0) is 12.3. The first-order valence-electron chi connectivity index (χ1n) is 5.70. The molecule has 0 aliphatic rings. The van der Waals surface area contributed by atoms with Gasteiger partial charge in [-0.15, -0.1) is 10.2 Å². The number of rotatable bonds is 4. The second kappa shape index (κ2) is 4.99. The molecule has 4 nitrogen and oxygen atoms in total. The fraction of sp³-hybridized carbons (Fsp3) is 0.385. The fourth-order valence-electron chi connectivity index (χ4n) is 1.49. The summed E-state index contributed by atoms with van der Waals surface area (Å²) >= 11 is 0. The van der Waals surface area contributed by atoms with Crippen LogP contribution in [-0.2, 0) is 13.0 Å². The number of hydrogen-bond donors (Lipinski definition) is 0. The van der Waals surface area contributed by atoms with Crippen molar-refractivity contribution >= 4 is 0 Å². The van der Waals surface area contributed by atoms with E-state index in [-0.39, 0.29) is 0 Å². The van der Waals surface area contributed by atoms with Crippen LogP contribution in [0.15, 0.2) is 22.6 Å². The van der Waals surface area contributed by atoms with Gasteiger partial charge in [-0.1, -0.05) is 19.1 Å². The summed E-state index contributed by atoms with van der Waals surface area (Å²) in [5, 5.41) is 7.80. The van der Waals surface area contributed by atoms with Crippen LogP contribution in [0.1, 0.15) is 29.8 Å². The second-order valence-electron chi connectivity index (χ2n) is 4.00. The predicted octanol–water partition coefficient (Wildman–Crippen LogP) is 2.83. The van der Waals surface area contributed by atoms with E-state index in [4.69, 9.17) is 9.15 Å². The Morgan fingerprint density at radius 1 is 1.18 bits per heavy atom. The summed E-state index contributed by atoms with van der Waals surface area (Å²) in [5.74, 6) is 2.02. The molecule has 1 aromatic carbocycles. The van der Waals surface area contributed by atoms with E-state index >= 15 is 0 Å². The van der Waals surface area contributed by atoms with Gasteiger partial charge in [-0.2, -0.15) is 0 Å². The molecule has 0 saturated heterocycles. The van der Waals surface area contributed by atoms with E-state index in [1.54, 1.807) is 0 Å². The van der Waals surface area contributed by atoms with Crippen molar-refractivity contribution in [1.29, 1.82) is 0 Å². The number of hydrogen-bond acceptors (Lipinski definition) is 4. The van der Waals surface area contributed by atoms with Gasteiger partial charge >= 0.3 is 0 Å². The molecule has 0 aliphatic carbocycles. The Balaban J connectivity index is 2.04. The molecule has 0 saturated carbocycles. The monoisotopic (exact) mass is 232 g/mol. The van der Waals surface area contributed by atoms with Gasteiger partial charge in [0.05, 0.1) is 0 Å². The Hall–Kier alpha value is -1.84. The van der Waals surface area contributed by atoms with Crippen molar-refractivity contribution in [3.63, 3.8) is 0 Å². The van der Waals surface area contributed by atoms with E-state index in [0.717, 1.165) is 17.7 Å². The second-order valence-corrected chi connectivity index (χ2v) is 4.00. The molecule has 90 valence electrons. The Bertz CT molecular complexity index is 506. The molecule has 2 rings (SSSR count). The largest absolute Gasteiger partial charge is 0.484 e. The highest BCUT2D eigenvalue weighted by molar-refractivity contribution is 5.35. The average Bonchev–Trinajstić information content (AvgIpc) is 2.78. The van der Waals surface area contributed by atoms with Crippen LogP contribution < -0.4 is 4.74 Å². The fourth-order valence-corrected chi connectivity index (χ4v) is 1.49. The van der Waals surface area contributed by atoms with Crippen LogP contribution >= 0.6 is 0 Å². The molecular weight excluding hydrogens is 216 g/mol. The maximum absolute atomic E-state index is 5.67. The summed E-state index contributed by atoms with van der Waals surface area (Å²) in [7, 11) is 0. The van der Waals surface area contributed by atoms with Crippen LogP contribution in [0, 0.1) is 13.8 Å². The predicted molar refractivity (Wildman–Crippen MR) is 63.9 cm³/mol. The Morgan fingerprint density at radius 3 is 2.65 bits per heavy atom. The average molecular weight is 232 g/mol. The van der Waals surface area contributed by atoms with Crippen LogP contribution in [0.2, 0.25) is 0 Å². The summed E-state index contributed by atoms with van der Waals surface area (Å²) in [6.45, 7) is 6.34. The molecule has 0 radical (unpaired) electrons. The molecule has 0 aliphatic heterocycles. The van der Waals surface area contributed by atoms with E-state index in [9.17, 15) is 0 Å².